The Morgan fingerprint density at radius 1 is 1.42 bits per heavy atom. The molecule has 0 N–H and O–H groups in total. The van der Waals surface area contributed by atoms with Crippen LogP contribution in [-0.4, -0.2) is 14.6 Å². The Bertz CT molecular complexity index is 743. The van der Waals surface area contributed by atoms with E-state index in [4.69, 9.17) is 21.3 Å². The molecule has 0 aliphatic heterocycles. The van der Waals surface area contributed by atoms with Crippen molar-refractivity contribution >= 4 is 46.2 Å². The van der Waals surface area contributed by atoms with Gasteiger partial charge in [0.15, 0.2) is 5.15 Å². The minimum absolute atomic E-state index is 0.202. The summed E-state index contributed by atoms with van der Waals surface area (Å²) in [5, 5.41) is 19.4. The van der Waals surface area contributed by atoms with Gasteiger partial charge in [0.1, 0.15) is 15.8 Å². The summed E-state index contributed by atoms with van der Waals surface area (Å²) in [7, 11) is 0. The lowest BCUT2D eigenvalue weighted by atomic mass is 10.4. The van der Waals surface area contributed by atoms with Crippen LogP contribution in [0.15, 0.2) is 31.4 Å². The van der Waals surface area contributed by atoms with Crippen LogP contribution in [0, 0.1) is 11.3 Å². The summed E-state index contributed by atoms with van der Waals surface area (Å²) in [5.41, 5.74) is 0.340. The average Bonchev–Trinajstić information content (AvgIpc) is 3.11. The molecule has 0 bridgehead atoms. The third-order valence-electron chi connectivity index (χ3n) is 2.05. The topological polar surface area (TPSA) is 75.6 Å². The fraction of sp³-hybridized carbons (Fsp3) is 0. The maximum absolute atomic E-state index is 8.98. The Kier molecular flexibility index (Phi) is 3.52. The number of hydrogen-bond donors (Lipinski definition) is 0. The Labute approximate surface area is 125 Å². The van der Waals surface area contributed by atoms with E-state index in [9.17, 15) is 0 Å². The van der Waals surface area contributed by atoms with E-state index in [1.807, 2.05) is 23.6 Å². The Hall–Kier alpha value is -1.40. The van der Waals surface area contributed by atoms with Gasteiger partial charge in [0.25, 0.3) is 11.1 Å². The standard InChI is InChI=1S/C10H3ClN4OS3/c11-7-5(4-12)9(19-15-7)18-10-14-13-8(16-10)6-2-1-3-17-6/h1-3H. The fourth-order valence-electron chi connectivity index (χ4n) is 1.25. The summed E-state index contributed by atoms with van der Waals surface area (Å²) in [6.07, 6.45) is 0. The van der Waals surface area contributed by atoms with E-state index in [0.717, 1.165) is 16.4 Å². The molecule has 5 nitrogen and oxygen atoms in total. The predicted octanol–water partition coefficient (Wildman–Crippen LogP) is 3.93. The van der Waals surface area contributed by atoms with Gasteiger partial charge < -0.3 is 4.42 Å². The molecule has 0 amide bonds. The van der Waals surface area contributed by atoms with E-state index in [0.29, 0.717) is 20.9 Å². The summed E-state index contributed by atoms with van der Waals surface area (Å²) in [5.74, 6) is 0.464. The van der Waals surface area contributed by atoms with Crippen LogP contribution >= 0.6 is 46.2 Å². The number of rotatable bonds is 3. The predicted molar refractivity (Wildman–Crippen MR) is 73.6 cm³/mol. The number of nitriles is 1. The SMILES string of the molecule is N#Cc1c(Cl)nsc1Sc1nnc(-c2cccs2)o1. The van der Waals surface area contributed by atoms with E-state index in [1.54, 1.807) is 0 Å². The van der Waals surface area contributed by atoms with Crippen LogP contribution in [0.5, 0.6) is 0 Å². The van der Waals surface area contributed by atoms with E-state index >= 15 is 0 Å². The molecule has 0 radical (unpaired) electrons. The third-order valence-corrected chi connectivity index (χ3v) is 5.13. The first-order chi connectivity index (χ1) is 9.28. The minimum Gasteiger partial charge on any atom is -0.410 e. The Balaban J connectivity index is 1.87. The lowest BCUT2D eigenvalue weighted by Gasteiger charge is -1.90. The smallest absolute Gasteiger partial charge is 0.282 e. The summed E-state index contributed by atoms with van der Waals surface area (Å²) in [4.78, 5) is 0.905. The Morgan fingerprint density at radius 2 is 2.32 bits per heavy atom. The van der Waals surface area contributed by atoms with Crippen LogP contribution in [0.1, 0.15) is 5.56 Å². The van der Waals surface area contributed by atoms with Crippen LogP contribution in [0.25, 0.3) is 10.8 Å². The largest absolute Gasteiger partial charge is 0.410 e. The number of nitrogens with zero attached hydrogens (tertiary/aromatic N) is 4. The van der Waals surface area contributed by atoms with Gasteiger partial charge >= 0.3 is 0 Å². The van der Waals surface area contributed by atoms with Crippen LogP contribution in [0.3, 0.4) is 0 Å². The first-order valence-corrected chi connectivity index (χ1v) is 7.73. The monoisotopic (exact) mass is 326 g/mol. The molecule has 0 atom stereocenters. The van der Waals surface area contributed by atoms with Crippen molar-refractivity contribution < 1.29 is 4.42 Å². The summed E-state index contributed by atoms with van der Waals surface area (Å²) in [6, 6.07) is 5.82. The molecule has 19 heavy (non-hydrogen) atoms. The zero-order valence-electron chi connectivity index (χ0n) is 9.03. The van der Waals surface area contributed by atoms with Gasteiger partial charge in [-0.25, -0.2) is 0 Å². The molecule has 0 aliphatic carbocycles. The molecular formula is C10H3ClN4OS3. The van der Waals surface area contributed by atoms with Crippen molar-refractivity contribution in [2.75, 3.05) is 0 Å². The van der Waals surface area contributed by atoms with Crippen LogP contribution in [0.2, 0.25) is 5.15 Å². The summed E-state index contributed by atoms with van der Waals surface area (Å²) >= 11 is 9.64. The van der Waals surface area contributed by atoms with Crippen molar-refractivity contribution in [2.45, 2.75) is 9.43 Å². The van der Waals surface area contributed by atoms with Crippen molar-refractivity contribution in [3.05, 3.63) is 28.2 Å². The number of aromatic nitrogens is 3. The normalized spacial score (nSPS) is 10.5. The molecule has 0 saturated carbocycles. The van der Waals surface area contributed by atoms with Crippen LogP contribution < -0.4 is 0 Å². The maximum atomic E-state index is 8.98. The highest BCUT2D eigenvalue weighted by Crippen LogP contribution is 2.37. The second-order valence-corrected chi connectivity index (χ2v) is 6.50. The van der Waals surface area contributed by atoms with Gasteiger partial charge in [-0.3, -0.25) is 0 Å². The van der Waals surface area contributed by atoms with Crippen molar-refractivity contribution in [1.82, 2.24) is 14.6 Å². The number of hydrogen-bond acceptors (Lipinski definition) is 8. The van der Waals surface area contributed by atoms with Gasteiger partial charge in [-0.2, -0.15) is 9.64 Å². The molecule has 0 aromatic carbocycles. The van der Waals surface area contributed by atoms with Gasteiger partial charge in [0, 0.05) is 0 Å². The second-order valence-electron chi connectivity index (χ2n) is 3.20. The van der Waals surface area contributed by atoms with Crippen LogP contribution in [-0.2, 0) is 0 Å². The highest BCUT2D eigenvalue weighted by molar-refractivity contribution is 8.00. The average molecular weight is 327 g/mol. The highest BCUT2D eigenvalue weighted by Gasteiger charge is 2.17. The molecule has 0 spiro atoms. The molecule has 3 rings (SSSR count). The second kappa shape index (κ2) is 5.30. The van der Waals surface area contributed by atoms with E-state index < -0.39 is 0 Å². The van der Waals surface area contributed by atoms with E-state index in [2.05, 4.69) is 14.6 Å². The highest BCUT2D eigenvalue weighted by atomic mass is 35.5. The Morgan fingerprint density at radius 3 is 3.05 bits per heavy atom. The summed E-state index contributed by atoms with van der Waals surface area (Å²) in [6.45, 7) is 0. The van der Waals surface area contributed by atoms with Crippen molar-refractivity contribution in [3.63, 3.8) is 0 Å². The first-order valence-electron chi connectivity index (χ1n) is 4.88. The molecule has 9 heteroatoms. The molecule has 94 valence electrons. The number of thiophene rings is 1. The third kappa shape index (κ3) is 2.50. The minimum atomic E-state index is 0.202. The zero-order chi connectivity index (χ0) is 13.2. The van der Waals surface area contributed by atoms with Gasteiger partial charge in [-0.1, -0.05) is 17.7 Å². The molecule has 3 heterocycles. The fourth-order valence-corrected chi connectivity index (χ4v) is 3.81. The lowest BCUT2D eigenvalue weighted by Crippen LogP contribution is -1.74. The molecule has 0 saturated heterocycles. The molecule has 3 aromatic rings. The molecule has 0 fully saturated rings. The summed E-state index contributed by atoms with van der Waals surface area (Å²) < 4.78 is 10.1. The van der Waals surface area contributed by atoms with Crippen LogP contribution in [0.4, 0.5) is 0 Å². The van der Waals surface area contributed by atoms with Crippen molar-refractivity contribution in [3.8, 4) is 16.8 Å². The molecule has 0 unspecified atom stereocenters. The van der Waals surface area contributed by atoms with Gasteiger partial charge in [0.05, 0.1) is 4.88 Å². The lowest BCUT2D eigenvalue weighted by molar-refractivity contribution is 0.467. The van der Waals surface area contributed by atoms with Gasteiger partial charge in [-0.15, -0.1) is 21.5 Å². The van der Waals surface area contributed by atoms with Crippen molar-refractivity contribution in [2.24, 2.45) is 0 Å². The van der Waals surface area contributed by atoms with Gasteiger partial charge in [0.2, 0.25) is 0 Å². The quantitative estimate of drug-likeness (QED) is 0.725. The van der Waals surface area contributed by atoms with Crippen molar-refractivity contribution in [1.29, 1.82) is 5.26 Å². The molecular weight excluding hydrogens is 324 g/mol. The van der Waals surface area contributed by atoms with E-state index in [-0.39, 0.29) is 5.15 Å². The maximum Gasteiger partial charge on any atom is 0.282 e. The van der Waals surface area contributed by atoms with Gasteiger partial charge in [-0.05, 0) is 34.7 Å². The van der Waals surface area contributed by atoms with E-state index in [1.165, 1.54) is 23.1 Å². The first kappa shape index (κ1) is 12.6. The number of halogens is 1. The zero-order valence-corrected chi connectivity index (χ0v) is 12.2. The molecule has 3 aromatic heterocycles. The molecule has 0 aliphatic rings.